The van der Waals surface area contributed by atoms with Crippen LogP contribution < -0.4 is 4.74 Å². The molecule has 0 bridgehead atoms. The number of nitro groups is 1. The molecule has 2 heterocycles. The Morgan fingerprint density at radius 1 is 1.63 bits per heavy atom. The van der Waals surface area contributed by atoms with Gasteiger partial charge in [0, 0.05) is 14.0 Å². The molecule has 1 fully saturated rings. The topological polar surface area (TPSA) is 90.5 Å². The number of nitrogens with zero attached hydrogens (tertiary/aromatic N) is 4. The zero-order valence-electron chi connectivity index (χ0n) is 11.3. The minimum Gasteiger partial charge on any atom is -0.464 e. The monoisotopic (exact) mass is 268 g/mol. The van der Waals surface area contributed by atoms with Crippen LogP contribution in [0, 0.1) is 10.1 Å². The molecule has 0 radical (unpaired) electrons. The molecule has 0 saturated carbocycles. The van der Waals surface area contributed by atoms with Gasteiger partial charge in [-0.25, -0.2) is 0 Å². The van der Waals surface area contributed by atoms with Gasteiger partial charge in [0.15, 0.2) is 0 Å². The molecule has 1 amide bonds. The largest absolute Gasteiger partial charge is 0.464 e. The van der Waals surface area contributed by atoms with Crippen molar-refractivity contribution in [3.8, 4) is 5.88 Å². The fourth-order valence-electron chi connectivity index (χ4n) is 2.20. The van der Waals surface area contributed by atoms with E-state index in [1.54, 1.807) is 11.9 Å². The van der Waals surface area contributed by atoms with Crippen molar-refractivity contribution in [2.45, 2.75) is 32.4 Å². The molecule has 0 unspecified atom stereocenters. The highest BCUT2D eigenvalue weighted by Gasteiger charge is 2.50. The number of ether oxygens (including phenoxy) is 1. The summed E-state index contributed by atoms with van der Waals surface area (Å²) in [5, 5.41) is 14.8. The number of amides is 1. The Bertz CT molecular complexity index is 537. The first-order valence-electron chi connectivity index (χ1n) is 5.86. The quantitative estimate of drug-likeness (QED) is 0.595. The molecule has 0 aliphatic carbocycles. The maximum Gasteiger partial charge on any atom is 0.350 e. The van der Waals surface area contributed by atoms with Gasteiger partial charge >= 0.3 is 11.6 Å². The first-order chi connectivity index (χ1) is 8.73. The Morgan fingerprint density at radius 3 is 2.74 bits per heavy atom. The highest BCUT2D eigenvalue weighted by molar-refractivity contribution is 5.75. The second-order valence-electron chi connectivity index (χ2n) is 5.14. The van der Waals surface area contributed by atoms with Crippen LogP contribution in [0.25, 0.3) is 0 Å². The molecule has 0 N–H and O–H groups in total. The van der Waals surface area contributed by atoms with Crippen LogP contribution in [0.15, 0.2) is 6.20 Å². The van der Waals surface area contributed by atoms with Crippen molar-refractivity contribution in [2.24, 2.45) is 7.05 Å². The predicted molar refractivity (Wildman–Crippen MR) is 65.7 cm³/mol. The first kappa shape index (κ1) is 13.3. The van der Waals surface area contributed by atoms with Gasteiger partial charge in [0.1, 0.15) is 12.3 Å². The molecule has 19 heavy (non-hydrogen) atoms. The van der Waals surface area contributed by atoms with Gasteiger partial charge in [-0.3, -0.25) is 19.6 Å². The van der Waals surface area contributed by atoms with E-state index in [4.69, 9.17) is 4.74 Å². The number of carbonyl (C=O) groups is 1. The average molecular weight is 268 g/mol. The molecule has 1 aromatic heterocycles. The number of aromatic nitrogens is 2. The standard InChI is InChI=1S/C11H16N4O4/c1-7(16)14-6-9(11(14,2)3)19-10-8(15(17)18)5-13(4)12-10/h5,9H,6H2,1-4H3/t9-/m1/s1. The lowest BCUT2D eigenvalue weighted by Crippen LogP contribution is -2.70. The summed E-state index contributed by atoms with van der Waals surface area (Å²) >= 11 is 0. The highest BCUT2D eigenvalue weighted by atomic mass is 16.6. The van der Waals surface area contributed by atoms with Crippen LogP contribution in [0.1, 0.15) is 20.8 Å². The third-order valence-corrected chi connectivity index (χ3v) is 3.44. The number of rotatable bonds is 3. The molecule has 1 saturated heterocycles. The van der Waals surface area contributed by atoms with Crippen LogP contribution in [0.4, 0.5) is 5.69 Å². The van der Waals surface area contributed by atoms with Crippen LogP contribution in [-0.4, -0.2) is 43.7 Å². The molecule has 104 valence electrons. The SMILES string of the molecule is CC(=O)N1C[C@@H](Oc2nn(C)cc2[N+](=O)[O-])C1(C)C. The Labute approximate surface area is 110 Å². The molecular weight excluding hydrogens is 252 g/mol. The summed E-state index contributed by atoms with van der Waals surface area (Å²) < 4.78 is 6.93. The maximum absolute atomic E-state index is 11.4. The molecule has 0 spiro atoms. The summed E-state index contributed by atoms with van der Waals surface area (Å²) in [6, 6.07) is 0. The smallest absolute Gasteiger partial charge is 0.350 e. The van der Waals surface area contributed by atoms with E-state index >= 15 is 0 Å². The van der Waals surface area contributed by atoms with Crippen molar-refractivity contribution in [2.75, 3.05) is 6.54 Å². The summed E-state index contributed by atoms with van der Waals surface area (Å²) in [5.41, 5.74) is -0.656. The van der Waals surface area contributed by atoms with E-state index in [-0.39, 0.29) is 23.6 Å². The van der Waals surface area contributed by atoms with Gasteiger partial charge in [0.05, 0.1) is 17.0 Å². The molecule has 8 heteroatoms. The number of likely N-dealkylation sites (tertiary alicyclic amines) is 1. The Hall–Kier alpha value is -2.12. The van der Waals surface area contributed by atoms with Gasteiger partial charge in [-0.05, 0) is 13.8 Å². The van der Waals surface area contributed by atoms with Gasteiger partial charge in [-0.2, -0.15) is 0 Å². The van der Waals surface area contributed by atoms with Crippen molar-refractivity contribution in [1.29, 1.82) is 0 Å². The van der Waals surface area contributed by atoms with Crippen molar-refractivity contribution in [3.63, 3.8) is 0 Å². The van der Waals surface area contributed by atoms with Crippen molar-refractivity contribution in [3.05, 3.63) is 16.3 Å². The van der Waals surface area contributed by atoms with Gasteiger partial charge in [-0.15, -0.1) is 5.10 Å². The summed E-state index contributed by atoms with van der Waals surface area (Å²) in [4.78, 5) is 23.4. The fraction of sp³-hybridized carbons (Fsp3) is 0.636. The van der Waals surface area contributed by atoms with E-state index in [2.05, 4.69) is 5.10 Å². The molecule has 1 aromatic rings. The third kappa shape index (κ3) is 2.13. The second-order valence-corrected chi connectivity index (χ2v) is 5.14. The van der Waals surface area contributed by atoms with Crippen molar-refractivity contribution >= 4 is 11.6 Å². The molecule has 1 aliphatic rings. The Balaban J connectivity index is 2.16. The molecule has 1 atom stereocenters. The molecule has 0 aromatic carbocycles. The number of carbonyl (C=O) groups excluding carboxylic acids is 1. The van der Waals surface area contributed by atoms with E-state index in [1.807, 2.05) is 13.8 Å². The van der Waals surface area contributed by atoms with Crippen LogP contribution in [-0.2, 0) is 11.8 Å². The zero-order chi connectivity index (χ0) is 14.4. The zero-order valence-corrected chi connectivity index (χ0v) is 11.3. The summed E-state index contributed by atoms with van der Waals surface area (Å²) in [5.74, 6) is -0.0471. The molecule has 1 aliphatic heterocycles. The van der Waals surface area contributed by atoms with E-state index in [9.17, 15) is 14.9 Å². The first-order valence-corrected chi connectivity index (χ1v) is 5.86. The van der Waals surface area contributed by atoms with Crippen LogP contribution in [0.3, 0.4) is 0 Å². The van der Waals surface area contributed by atoms with Crippen molar-refractivity contribution < 1.29 is 14.5 Å². The summed E-state index contributed by atoms with van der Waals surface area (Å²) in [6.07, 6.45) is 0.994. The van der Waals surface area contributed by atoms with E-state index in [1.165, 1.54) is 17.8 Å². The number of hydrogen-bond acceptors (Lipinski definition) is 5. The maximum atomic E-state index is 11.4. The summed E-state index contributed by atoms with van der Waals surface area (Å²) in [6.45, 7) is 5.62. The van der Waals surface area contributed by atoms with Crippen LogP contribution >= 0.6 is 0 Å². The second kappa shape index (κ2) is 4.22. The van der Waals surface area contributed by atoms with Gasteiger partial charge in [0.2, 0.25) is 5.91 Å². The van der Waals surface area contributed by atoms with E-state index in [0.717, 1.165) is 0 Å². The predicted octanol–water partition coefficient (Wildman–Crippen LogP) is 0.716. The lowest BCUT2D eigenvalue weighted by atomic mass is 9.85. The number of hydrogen-bond donors (Lipinski definition) is 0. The highest BCUT2D eigenvalue weighted by Crippen LogP contribution is 2.35. The lowest BCUT2D eigenvalue weighted by molar-refractivity contribution is -0.386. The van der Waals surface area contributed by atoms with Crippen molar-refractivity contribution in [1.82, 2.24) is 14.7 Å². The molecular formula is C11H16N4O4. The summed E-state index contributed by atoms with van der Waals surface area (Å²) in [7, 11) is 1.59. The third-order valence-electron chi connectivity index (χ3n) is 3.44. The normalized spacial score (nSPS) is 20.8. The van der Waals surface area contributed by atoms with Gasteiger partial charge in [0.25, 0.3) is 0 Å². The van der Waals surface area contributed by atoms with Crippen LogP contribution in [0.2, 0.25) is 0 Å². The van der Waals surface area contributed by atoms with Crippen LogP contribution in [0.5, 0.6) is 5.88 Å². The molecule has 2 rings (SSSR count). The number of aryl methyl sites for hydroxylation is 1. The average Bonchev–Trinajstić information content (AvgIpc) is 2.64. The minimum absolute atomic E-state index is 0.00576. The Kier molecular flexibility index (Phi) is 2.95. The Morgan fingerprint density at radius 2 is 2.26 bits per heavy atom. The van der Waals surface area contributed by atoms with E-state index < -0.39 is 10.5 Å². The minimum atomic E-state index is -0.531. The fourth-order valence-corrected chi connectivity index (χ4v) is 2.20. The van der Waals surface area contributed by atoms with E-state index in [0.29, 0.717) is 6.54 Å². The molecule has 8 nitrogen and oxygen atoms in total. The van der Waals surface area contributed by atoms with Gasteiger partial charge in [-0.1, -0.05) is 0 Å². The van der Waals surface area contributed by atoms with Gasteiger partial charge < -0.3 is 9.64 Å². The lowest BCUT2D eigenvalue weighted by Gasteiger charge is -2.53.